The Kier molecular flexibility index (Phi) is 4.05. The highest BCUT2D eigenvalue weighted by Crippen LogP contribution is 2.39. The summed E-state index contributed by atoms with van der Waals surface area (Å²) in [5.41, 5.74) is 7.52. The van der Waals surface area contributed by atoms with Crippen molar-refractivity contribution in [1.82, 2.24) is 19.9 Å². The van der Waals surface area contributed by atoms with Gasteiger partial charge in [-0.25, -0.2) is 19.9 Å². The van der Waals surface area contributed by atoms with Gasteiger partial charge in [0, 0.05) is 25.1 Å². The lowest BCUT2D eigenvalue weighted by atomic mass is 10.1. The fourth-order valence-corrected chi connectivity index (χ4v) is 4.07. The zero-order valence-electron chi connectivity index (χ0n) is 15.3. The topological polar surface area (TPSA) is 103 Å². The quantitative estimate of drug-likeness (QED) is 0.810. The van der Waals surface area contributed by atoms with E-state index in [9.17, 15) is 0 Å². The third-order valence-corrected chi connectivity index (χ3v) is 5.44. The largest absolute Gasteiger partial charge is 0.382 e. The average molecular weight is 369 g/mol. The highest BCUT2D eigenvalue weighted by Gasteiger charge is 2.38. The van der Waals surface area contributed by atoms with Crippen LogP contribution in [0.4, 0.5) is 17.5 Å². The maximum atomic E-state index is 5.69. The van der Waals surface area contributed by atoms with Crippen molar-refractivity contribution in [1.29, 1.82) is 0 Å². The fraction of sp³-hybridized carbons (Fsp3) is 0.556. The molecule has 3 aliphatic heterocycles. The minimum absolute atomic E-state index is 0.261. The number of rotatable bonds is 2. The van der Waals surface area contributed by atoms with Crippen molar-refractivity contribution >= 4 is 17.5 Å². The van der Waals surface area contributed by atoms with Crippen molar-refractivity contribution in [2.45, 2.75) is 25.4 Å². The Morgan fingerprint density at radius 1 is 1.00 bits per heavy atom. The van der Waals surface area contributed by atoms with Crippen molar-refractivity contribution in [2.75, 3.05) is 55.1 Å². The molecule has 27 heavy (non-hydrogen) atoms. The Hall–Kier alpha value is -2.52. The monoisotopic (exact) mass is 369 g/mol. The molecule has 142 valence electrons. The maximum absolute atomic E-state index is 5.69. The Morgan fingerprint density at radius 2 is 1.74 bits per heavy atom. The third kappa shape index (κ3) is 2.87. The lowest BCUT2D eigenvalue weighted by Crippen LogP contribution is -2.44. The Labute approximate surface area is 157 Å². The van der Waals surface area contributed by atoms with Crippen LogP contribution in [0.1, 0.15) is 12.5 Å². The minimum atomic E-state index is 0.261. The van der Waals surface area contributed by atoms with Gasteiger partial charge in [0.1, 0.15) is 23.1 Å². The average Bonchev–Trinajstić information content (AvgIpc) is 3.07. The smallest absolute Gasteiger partial charge is 0.183 e. The number of hydrogen-bond donors (Lipinski definition) is 1. The summed E-state index contributed by atoms with van der Waals surface area (Å²) in [4.78, 5) is 23.0. The molecule has 3 aliphatic rings. The van der Waals surface area contributed by atoms with E-state index in [0.29, 0.717) is 36.6 Å². The number of morpholine rings is 2. The van der Waals surface area contributed by atoms with E-state index in [-0.39, 0.29) is 6.04 Å². The van der Waals surface area contributed by atoms with Gasteiger partial charge in [-0.3, -0.25) is 0 Å². The Morgan fingerprint density at radius 3 is 2.48 bits per heavy atom. The van der Waals surface area contributed by atoms with Crippen molar-refractivity contribution < 1.29 is 9.47 Å². The van der Waals surface area contributed by atoms with E-state index >= 15 is 0 Å². The van der Waals surface area contributed by atoms with Gasteiger partial charge in [-0.2, -0.15) is 0 Å². The number of nitrogens with zero attached hydrogens (tertiary/aromatic N) is 6. The summed E-state index contributed by atoms with van der Waals surface area (Å²) in [5, 5.41) is 0. The molecule has 0 amide bonds. The van der Waals surface area contributed by atoms with E-state index < -0.39 is 0 Å². The molecule has 2 saturated heterocycles. The van der Waals surface area contributed by atoms with Crippen LogP contribution in [0, 0.1) is 0 Å². The first-order valence-corrected chi connectivity index (χ1v) is 9.38. The number of fused-ring (bicyclic) bond motifs is 3. The molecule has 0 saturated carbocycles. The number of hydrogen-bond acceptors (Lipinski definition) is 9. The van der Waals surface area contributed by atoms with Crippen molar-refractivity contribution in [3.8, 4) is 11.5 Å². The van der Waals surface area contributed by atoms with Crippen LogP contribution < -0.4 is 15.5 Å². The van der Waals surface area contributed by atoms with Gasteiger partial charge in [-0.05, 0) is 6.92 Å². The van der Waals surface area contributed by atoms with Crippen molar-refractivity contribution in [3.05, 3.63) is 18.0 Å². The van der Waals surface area contributed by atoms with E-state index in [0.717, 1.165) is 44.4 Å². The highest BCUT2D eigenvalue weighted by atomic mass is 16.5. The molecule has 0 aliphatic carbocycles. The zero-order chi connectivity index (χ0) is 18.4. The first kappa shape index (κ1) is 16.6. The van der Waals surface area contributed by atoms with E-state index in [1.165, 1.54) is 5.56 Å². The molecular formula is C18H23N7O2. The van der Waals surface area contributed by atoms with Gasteiger partial charge in [-0.1, -0.05) is 0 Å². The minimum Gasteiger partial charge on any atom is -0.382 e. The molecule has 2 N–H and O–H groups in total. The van der Waals surface area contributed by atoms with Gasteiger partial charge in [0.25, 0.3) is 0 Å². The predicted molar refractivity (Wildman–Crippen MR) is 101 cm³/mol. The summed E-state index contributed by atoms with van der Waals surface area (Å²) in [5.74, 6) is 2.96. The van der Waals surface area contributed by atoms with Gasteiger partial charge < -0.3 is 25.0 Å². The molecule has 5 rings (SSSR count). The van der Waals surface area contributed by atoms with Crippen molar-refractivity contribution in [2.24, 2.45) is 0 Å². The molecule has 0 unspecified atom stereocenters. The van der Waals surface area contributed by atoms with Gasteiger partial charge in [-0.15, -0.1) is 0 Å². The zero-order valence-corrected chi connectivity index (χ0v) is 15.3. The first-order chi connectivity index (χ1) is 13.2. The molecule has 2 aromatic rings. The molecule has 0 bridgehead atoms. The Balaban J connectivity index is 1.63. The normalized spacial score (nSPS) is 24.6. The summed E-state index contributed by atoms with van der Waals surface area (Å²) in [7, 11) is 0. The fourth-order valence-electron chi connectivity index (χ4n) is 4.07. The molecule has 2 aromatic heterocycles. The van der Waals surface area contributed by atoms with Crippen LogP contribution in [-0.2, 0) is 15.9 Å². The Bertz CT molecular complexity index is 844. The van der Waals surface area contributed by atoms with Crippen molar-refractivity contribution in [3.63, 3.8) is 0 Å². The second-order valence-electron chi connectivity index (χ2n) is 7.24. The van der Waals surface area contributed by atoms with Crippen LogP contribution in [0.15, 0.2) is 12.4 Å². The van der Waals surface area contributed by atoms with Gasteiger partial charge >= 0.3 is 0 Å². The number of aromatic nitrogens is 4. The predicted octanol–water partition coefficient (Wildman–Crippen LogP) is 0.502. The van der Waals surface area contributed by atoms with Gasteiger partial charge in [0.05, 0.1) is 50.9 Å². The number of ether oxygens (including phenoxy) is 2. The van der Waals surface area contributed by atoms with Crippen LogP contribution in [0.5, 0.6) is 0 Å². The van der Waals surface area contributed by atoms with Gasteiger partial charge in [0.15, 0.2) is 5.82 Å². The van der Waals surface area contributed by atoms with Crippen LogP contribution in [0.3, 0.4) is 0 Å². The molecule has 9 heteroatoms. The van der Waals surface area contributed by atoms with E-state index in [2.05, 4.69) is 26.7 Å². The lowest BCUT2D eigenvalue weighted by molar-refractivity contribution is 0.0967. The first-order valence-electron chi connectivity index (χ1n) is 9.38. The SMILES string of the molecule is C[C@@H]1COCCN1c1nc(-c2cnc(N)cn2)nc2c1C[C@@H]1COCCN21. The number of nitrogens with two attached hydrogens (primary N) is 1. The molecule has 0 aromatic carbocycles. The molecule has 9 nitrogen and oxygen atoms in total. The maximum Gasteiger partial charge on any atom is 0.183 e. The molecule has 2 atom stereocenters. The number of anilines is 3. The van der Waals surface area contributed by atoms with E-state index in [1.54, 1.807) is 12.4 Å². The second-order valence-corrected chi connectivity index (χ2v) is 7.24. The second kappa shape index (κ2) is 6.58. The standard InChI is InChI=1S/C18H23N7O2/c1-11-9-26-4-2-24(11)17-13-6-12-10-27-5-3-25(12)18(13)23-16(22-17)14-7-21-15(19)8-20-14/h7-8,11-12H,2-6,9-10H2,1H3,(H2,19,21)/t11-,12-/m1/s1. The molecular weight excluding hydrogens is 346 g/mol. The third-order valence-electron chi connectivity index (χ3n) is 5.44. The summed E-state index contributed by atoms with van der Waals surface area (Å²) in [6.45, 7) is 6.69. The summed E-state index contributed by atoms with van der Waals surface area (Å²) >= 11 is 0. The molecule has 0 radical (unpaired) electrons. The van der Waals surface area contributed by atoms with E-state index in [4.69, 9.17) is 25.2 Å². The number of nitrogen functional groups attached to an aromatic ring is 1. The summed E-state index contributed by atoms with van der Waals surface area (Å²) in [6, 6.07) is 0.586. The highest BCUT2D eigenvalue weighted by molar-refractivity contribution is 5.69. The van der Waals surface area contributed by atoms with Crippen LogP contribution in [0.2, 0.25) is 0 Å². The van der Waals surface area contributed by atoms with Crippen LogP contribution in [0.25, 0.3) is 11.5 Å². The van der Waals surface area contributed by atoms with Crippen LogP contribution in [-0.4, -0.2) is 71.5 Å². The molecule has 5 heterocycles. The lowest BCUT2D eigenvalue weighted by Gasteiger charge is -2.35. The molecule has 2 fully saturated rings. The van der Waals surface area contributed by atoms with Crippen LogP contribution >= 0.6 is 0 Å². The molecule has 0 spiro atoms. The summed E-state index contributed by atoms with van der Waals surface area (Å²) in [6.07, 6.45) is 4.08. The van der Waals surface area contributed by atoms with E-state index in [1.807, 2.05) is 0 Å². The summed E-state index contributed by atoms with van der Waals surface area (Å²) < 4.78 is 11.3. The van der Waals surface area contributed by atoms with Gasteiger partial charge in [0.2, 0.25) is 0 Å².